The summed E-state index contributed by atoms with van der Waals surface area (Å²) in [6, 6.07) is 0. The molecule has 0 radical (unpaired) electrons. The summed E-state index contributed by atoms with van der Waals surface area (Å²) >= 11 is 0. The first-order valence-corrected chi connectivity index (χ1v) is 7.10. The zero-order valence-corrected chi connectivity index (χ0v) is 14.6. The lowest BCUT2D eigenvalue weighted by Crippen LogP contribution is -2.17. The van der Waals surface area contributed by atoms with Crippen LogP contribution in [0.4, 0.5) is 0 Å². The Morgan fingerprint density at radius 3 is 1.77 bits per heavy atom. The first-order valence-electron chi connectivity index (χ1n) is 7.10. The average Bonchev–Trinajstić information content (AvgIpc) is 2.77. The van der Waals surface area contributed by atoms with Crippen LogP contribution < -0.4 is 0 Å². The van der Waals surface area contributed by atoms with Gasteiger partial charge >= 0.3 is 0 Å². The highest BCUT2D eigenvalue weighted by Gasteiger charge is 2.24. The van der Waals surface area contributed by atoms with Gasteiger partial charge in [0.2, 0.25) is 0 Å². The molecule has 1 aliphatic heterocycles. The molecule has 1 aromatic rings. The number of Topliss-reactive ketones (excluding diaryl/α,β-unsaturated/α-hetero) is 1. The molecule has 0 bridgehead atoms. The first-order chi connectivity index (χ1) is 10.1. The number of allylic oxidation sites excluding steroid dienone is 1. The normalized spacial score (nSPS) is 13.8. The van der Waals surface area contributed by atoms with Gasteiger partial charge in [-0.1, -0.05) is 5.57 Å². The molecular formula is C16H24N4O2. The van der Waals surface area contributed by atoms with Crippen molar-refractivity contribution >= 4 is 17.4 Å². The summed E-state index contributed by atoms with van der Waals surface area (Å²) < 4.78 is 1.73. The van der Waals surface area contributed by atoms with Crippen LogP contribution in [0.5, 0.6) is 0 Å². The fourth-order valence-corrected chi connectivity index (χ4v) is 2.50. The molecule has 0 atom stereocenters. The van der Waals surface area contributed by atoms with Gasteiger partial charge in [-0.2, -0.15) is 10.2 Å². The number of amides is 1. The molecule has 0 aliphatic carbocycles. The number of carbonyl (C=O) groups is 2. The first kappa shape index (κ1) is 17.8. The summed E-state index contributed by atoms with van der Waals surface area (Å²) in [4.78, 5) is 22.4. The molecule has 0 saturated carbocycles. The van der Waals surface area contributed by atoms with Crippen molar-refractivity contribution in [2.24, 2.45) is 12.1 Å². The highest BCUT2D eigenvalue weighted by atomic mass is 16.2. The fraction of sp³-hybridized carbons (Fsp3) is 0.500. The summed E-state index contributed by atoms with van der Waals surface area (Å²) in [5, 5.41) is 9.52. The number of hydrazone groups is 1. The third-order valence-corrected chi connectivity index (χ3v) is 3.53. The van der Waals surface area contributed by atoms with Crippen LogP contribution in [0.1, 0.15) is 49.4 Å². The molecule has 6 nitrogen and oxygen atoms in total. The molecule has 1 aliphatic rings. The molecule has 0 fully saturated rings. The lowest BCUT2D eigenvalue weighted by Gasteiger charge is -2.02. The van der Waals surface area contributed by atoms with Crippen LogP contribution in [0.3, 0.4) is 0 Å². The molecule has 0 aromatic carbocycles. The predicted octanol–water partition coefficient (Wildman–Crippen LogP) is 2.41. The van der Waals surface area contributed by atoms with Crippen molar-refractivity contribution in [3.05, 3.63) is 28.1 Å². The van der Waals surface area contributed by atoms with Crippen molar-refractivity contribution in [1.29, 1.82) is 0 Å². The third kappa shape index (κ3) is 3.50. The Balaban J connectivity index is 0.000000220. The molecular weight excluding hydrogens is 280 g/mol. The van der Waals surface area contributed by atoms with Gasteiger partial charge < -0.3 is 0 Å². The fourth-order valence-electron chi connectivity index (χ4n) is 2.50. The van der Waals surface area contributed by atoms with Crippen LogP contribution in [0, 0.1) is 13.8 Å². The molecule has 6 heteroatoms. The van der Waals surface area contributed by atoms with E-state index in [1.807, 2.05) is 41.7 Å². The molecule has 0 N–H and O–H groups in total. The van der Waals surface area contributed by atoms with Gasteiger partial charge in [0.05, 0.1) is 22.5 Å². The lowest BCUT2D eigenvalue weighted by molar-refractivity contribution is -0.124. The summed E-state index contributed by atoms with van der Waals surface area (Å²) in [6.45, 7) is 11.0. The minimum Gasteiger partial charge on any atom is -0.294 e. The summed E-state index contributed by atoms with van der Waals surface area (Å²) in [6.07, 6.45) is 0. The third-order valence-electron chi connectivity index (χ3n) is 3.53. The number of hydrogen-bond acceptors (Lipinski definition) is 4. The predicted molar refractivity (Wildman–Crippen MR) is 86.9 cm³/mol. The molecule has 0 unspecified atom stereocenters. The molecule has 1 amide bonds. The highest BCUT2D eigenvalue weighted by Crippen LogP contribution is 2.16. The summed E-state index contributed by atoms with van der Waals surface area (Å²) in [5.74, 6) is 0.0931. The second-order valence-corrected chi connectivity index (χ2v) is 5.61. The maximum Gasteiger partial charge on any atom is 0.275 e. The Bertz CT molecular complexity index is 677. The van der Waals surface area contributed by atoms with Gasteiger partial charge in [0, 0.05) is 19.8 Å². The van der Waals surface area contributed by atoms with E-state index in [1.165, 1.54) is 5.01 Å². The van der Waals surface area contributed by atoms with Gasteiger partial charge in [-0.15, -0.1) is 0 Å². The monoisotopic (exact) mass is 304 g/mol. The average molecular weight is 304 g/mol. The second-order valence-electron chi connectivity index (χ2n) is 5.61. The van der Waals surface area contributed by atoms with Gasteiger partial charge in [-0.3, -0.25) is 14.3 Å². The molecule has 22 heavy (non-hydrogen) atoms. The zero-order chi connectivity index (χ0) is 17.2. The summed E-state index contributed by atoms with van der Waals surface area (Å²) in [5.41, 5.74) is 5.12. The maximum absolute atomic E-state index is 11.3. The van der Waals surface area contributed by atoms with Crippen LogP contribution in [-0.2, 0) is 11.8 Å². The van der Waals surface area contributed by atoms with Crippen molar-refractivity contribution in [2.75, 3.05) is 7.05 Å². The molecule has 0 saturated heterocycles. The highest BCUT2D eigenvalue weighted by molar-refractivity contribution is 6.24. The SMILES string of the molecule is CC(=O)c1c(C)nn(C)c1C.CC1=NN(C)C(=O)C1=C(C)C. The van der Waals surface area contributed by atoms with Gasteiger partial charge in [0.15, 0.2) is 5.78 Å². The van der Waals surface area contributed by atoms with E-state index in [4.69, 9.17) is 0 Å². The molecule has 0 spiro atoms. The van der Waals surface area contributed by atoms with E-state index in [0.29, 0.717) is 0 Å². The van der Waals surface area contributed by atoms with E-state index in [9.17, 15) is 9.59 Å². The van der Waals surface area contributed by atoms with Crippen molar-refractivity contribution in [1.82, 2.24) is 14.8 Å². The van der Waals surface area contributed by atoms with Gasteiger partial charge in [-0.25, -0.2) is 5.01 Å². The smallest absolute Gasteiger partial charge is 0.275 e. The number of nitrogens with zero attached hydrogens (tertiary/aromatic N) is 4. The van der Waals surface area contributed by atoms with Crippen molar-refractivity contribution in [3.8, 4) is 0 Å². The van der Waals surface area contributed by atoms with Crippen LogP contribution >= 0.6 is 0 Å². The quantitative estimate of drug-likeness (QED) is 0.591. The van der Waals surface area contributed by atoms with E-state index in [-0.39, 0.29) is 11.7 Å². The molecule has 2 heterocycles. The minimum atomic E-state index is 0.00231. The second kappa shape index (κ2) is 6.68. The number of likely N-dealkylation sites (N-methyl/N-ethyl adjacent to an activating group) is 1. The molecule has 2 rings (SSSR count). The topological polar surface area (TPSA) is 67.6 Å². The van der Waals surface area contributed by atoms with Crippen molar-refractivity contribution in [3.63, 3.8) is 0 Å². The molecule has 120 valence electrons. The lowest BCUT2D eigenvalue weighted by atomic mass is 10.1. The largest absolute Gasteiger partial charge is 0.294 e. The number of hydrogen-bond donors (Lipinski definition) is 0. The van der Waals surface area contributed by atoms with Crippen LogP contribution in [0.2, 0.25) is 0 Å². The van der Waals surface area contributed by atoms with Gasteiger partial charge in [0.25, 0.3) is 5.91 Å². The maximum atomic E-state index is 11.3. The van der Waals surface area contributed by atoms with Crippen LogP contribution in [-0.4, -0.2) is 39.2 Å². The Kier molecular flexibility index (Phi) is 5.41. The van der Waals surface area contributed by atoms with E-state index in [1.54, 1.807) is 18.7 Å². The zero-order valence-electron chi connectivity index (χ0n) is 14.6. The number of carbonyl (C=O) groups excluding carboxylic acids is 2. The Morgan fingerprint density at radius 2 is 1.59 bits per heavy atom. The number of aromatic nitrogens is 2. The van der Waals surface area contributed by atoms with Crippen LogP contribution in [0.15, 0.2) is 16.2 Å². The number of rotatable bonds is 1. The Morgan fingerprint density at radius 1 is 1.05 bits per heavy atom. The van der Waals surface area contributed by atoms with Gasteiger partial charge in [-0.05, 0) is 41.5 Å². The van der Waals surface area contributed by atoms with Gasteiger partial charge in [0.1, 0.15) is 0 Å². The Labute approximate surface area is 131 Å². The van der Waals surface area contributed by atoms with Crippen molar-refractivity contribution in [2.45, 2.75) is 41.5 Å². The number of ketones is 1. The summed E-state index contributed by atoms with van der Waals surface area (Å²) in [7, 11) is 3.51. The van der Waals surface area contributed by atoms with E-state index < -0.39 is 0 Å². The Hall–Kier alpha value is -2.24. The van der Waals surface area contributed by atoms with E-state index in [0.717, 1.165) is 33.8 Å². The number of aryl methyl sites for hydroxylation is 2. The van der Waals surface area contributed by atoms with Crippen LogP contribution in [0.25, 0.3) is 0 Å². The van der Waals surface area contributed by atoms with E-state index in [2.05, 4.69) is 10.2 Å². The minimum absolute atomic E-state index is 0.00231. The standard InChI is InChI=1S/2C8H12N2O/c1-5-8(7(3)11)6(2)10(4)9-5;1-5(2)7-6(3)9-10(4)8(7)11/h2*1-4H3. The van der Waals surface area contributed by atoms with E-state index >= 15 is 0 Å². The molecule has 1 aromatic heterocycles. The van der Waals surface area contributed by atoms with Crippen molar-refractivity contribution < 1.29 is 9.59 Å².